The van der Waals surface area contributed by atoms with Crippen LogP contribution in [0.1, 0.15) is 35.4 Å². The van der Waals surface area contributed by atoms with Gasteiger partial charge >= 0.3 is 5.97 Å². The van der Waals surface area contributed by atoms with Gasteiger partial charge in [-0.25, -0.2) is 14.2 Å². The molecule has 2 aromatic rings. The first-order chi connectivity index (χ1) is 10.2. The van der Waals surface area contributed by atoms with Crippen molar-refractivity contribution >= 4 is 5.97 Å². The van der Waals surface area contributed by atoms with Gasteiger partial charge in [0.05, 0.1) is 19.4 Å². The van der Waals surface area contributed by atoms with Gasteiger partial charge in [-0.2, -0.15) is 0 Å². The van der Waals surface area contributed by atoms with E-state index in [2.05, 4.69) is 30.6 Å². The van der Waals surface area contributed by atoms with Crippen LogP contribution in [0.15, 0.2) is 0 Å². The molecule has 114 valence electrons. The van der Waals surface area contributed by atoms with E-state index in [1.165, 1.54) is 18.9 Å². The van der Waals surface area contributed by atoms with E-state index in [0.29, 0.717) is 24.6 Å². The van der Waals surface area contributed by atoms with Gasteiger partial charge in [0, 0.05) is 13.7 Å². The Bertz CT molecular complexity index is 607. The van der Waals surface area contributed by atoms with Crippen LogP contribution in [0, 0.1) is 0 Å². The van der Waals surface area contributed by atoms with Crippen molar-refractivity contribution in [2.45, 2.75) is 33.0 Å². The molecular weight excluding hydrogens is 278 g/mol. The van der Waals surface area contributed by atoms with Gasteiger partial charge in [-0.3, -0.25) is 0 Å². The molecule has 0 saturated heterocycles. The second-order valence-electron chi connectivity index (χ2n) is 4.29. The molecular formula is C11H17N7O3. The second kappa shape index (κ2) is 6.88. The molecule has 0 aliphatic rings. The number of esters is 1. The molecule has 0 aliphatic heterocycles. The average Bonchev–Trinajstić information content (AvgIpc) is 3.08. The monoisotopic (exact) mass is 295 g/mol. The van der Waals surface area contributed by atoms with Crippen LogP contribution in [0.4, 0.5) is 0 Å². The molecule has 0 atom stereocenters. The maximum Gasteiger partial charge on any atom is 0.360 e. The standard InChI is InChI=1S/C11H17N7O3/c1-4-5-17-9(12-14-16-17)6-18-8(7-20-2)10(13-15-18)11(19)21-3/h4-7H2,1-3H3. The summed E-state index contributed by atoms with van der Waals surface area (Å²) in [7, 11) is 2.82. The SMILES string of the molecule is CCCn1nnnc1Cn1nnc(C(=O)OC)c1COC. The lowest BCUT2D eigenvalue weighted by atomic mass is 10.3. The molecule has 0 fully saturated rings. The zero-order valence-corrected chi connectivity index (χ0v) is 12.2. The number of carbonyl (C=O) groups is 1. The number of hydrogen-bond acceptors (Lipinski definition) is 8. The summed E-state index contributed by atoms with van der Waals surface area (Å²) in [6.07, 6.45) is 0.910. The van der Waals surface area contributed by atoms with Crippen molar-refractivity contribution in [3.8, 4) is 0 Å². The summed E-state index contributed by atoms with van der Waals surface area (Å²) in [6, 6.07) is 0. The third kappa shape index (κ3) is 3.21. The number of rotatable bonds is 7. The van der Waals surface area contributed by atoms with E-state index in [1.54, 1.807) is 4.68 Å². The molecule has 0 radical (unpaired) electrons. The van der Waals surface area contributed by atoms with Crippen LogP contribution < -0.4 is 0 Å². The van der Waals surface area contributed by atoms with Gasteiger partial charge in [0.2, 0.25) is 0 Å². The Morgan fingerprint density at radius 2 is 2.00 bits per heavy atom. The number of carbonyl (C=O) groups excluding carboxylic acids is 1. The molecule has 0 aromatic carbocycles. The van der Waals surface area contributed by atoms with Crippen LogP contribution in [0.5, 0.6) is 0 Å². The Hall–Kier alpha value is -2.36. The average molecular weight is 295 g/mol. The quantitative estimate of drug-likeness (QED) is 0.638. The Morgan fingerprint density at radius 3 is 2.67 bits per heavy atom. The number of methoxy groups -OCH3 is 2. The third-order valence-electron chi connectivity index (χ3n) is 2.83. The van der Waals surface area contributed by atoms with Crippen molar-refractivity contribution in [3.05, 3.63) is 17.2 Å². The highest BCUT2D eigenvalue weighted by atomic mass is 16.5. The normalized spacial score (nSPS) is 10.8. The van der Waals surface area contributed by atoms with Crippen molar-refractivity contribution in [2.75, 3.05) is 14.2 Å². The van der Waals surface area contributed by atoms with E-state index in [-0.39, 0.29) is 12.3 Å². The van der Waals surface area contributed by atoms with Crippen LogP contribution in [0.25, 0.3) is 0 Å². The van der Waals surface area contributed by atoms with E-state index in [0.717, 1.165) is 6.42 Å². The molecule has 21 heavy (non-hydrogen) atoms. The minimum absolute atomic E-state index is 0.133. The van der Waals surface area contributed by atoms with Crippen LogP contribution in [-0.2, 0) is 29.2 Å². The van der Waals surface area contributed by atoms with Crippen LogP contribution >= 0.6 is 0 Å². The van der Waals surface area contributed by atoms with Crippen molar-refractivity contribution < 1.29 is 14.3 Å². The number of tetrazole rings is 1. The first-order valence-electron chi connectivity index (χ1n) is 6.45. The lowest BCUT2D eigenvalue weighted by Crippen LogP contribution is -2.15. The molecule has 0 unspecified atom stereocenters. The third-order valence-corrected chi connectivity index (χ3v) is 2.83. The van der Waals surface area contributed by atoms with Gasteiger partial charge in [-0.05, 0) is 16.8 Å². The molecule has 0 saturated carbocycles. The topological polar surface area (TPSA) is 110 Å². The van der Waals surface area contributed by atoms with Crippen molar-refractivity contribution in [1.29, 1.82) is 0 Å². The van der Waals surface area contributed by atoms with Gasteiger partial charge in [-0.15, -0.1) is 10.2 Å². The van der Waals surface area contributed by atoms with Crippen LogP contribution in [-0.4, -0.2) is 55.4 Å². The maximum atomic E-state index is 11.7. The highest BCUT2D eigenvalue weighted by molar-refractivity contribution is 5.88. The molecule has 0 amide bonds. The fraction of sp³-hybridized carbons (Fsp3) is 0.636. The summed E-state index contributed by atoms with van der Waals surface area (Å²) < 4.78 is 13.0. The zero-order valence-electron chi connectivity index (χ0n) is 12.2. The molecule has 0 aliphatic carbocycles. The van der Waals surface area contributed by atoms with E-state index in [4.69, 9.17) is 4.74 Å². The summed E-state index contributed by atoms with van der Waals surface area (Å²) in [5, 5.41) is 19.3. The van der Waals surface area contributed by atoms with Crippen LogP contribution in [0.3, 0.4) is 0 Å². The van der Waals surface area contributed by atoms with E-state index < -0.39 is 5.97 Å². The molecule has 0 N–H and O–H groups in total. The van der Waals surface area contributed by atoms with E-state index in [1.807, 2.05) is 6.92 Å². The fourth-order valence-electron chi connectivity index (χ4n) is 1.85. The highest BCUT2D eigenvalue weighted by Crippen LogP contribution is 2.10. The molecule has 2 heterocycles. The number of nitrogens with zero attached hydrogens (tertiary/aromatic N) is 7. The minimum atomic E-state index is -0.554. The molecule has 10 heteroatoms. The predicted octanol–water partition coefficient (Wildman–Crippen LogP) is -0.344. The molecule has 10 nitrogen and oxygen atoms in total. The highest BCUT2D eigenvalue weighted by Gasteiger charge is 2.21. The van der Waals surface area contributed by atoms with Crippen LogP contribution in [0.2, 0.25) is 0 Å². The smallest absolute Gasteiger partial charge is 0.360 e. The van der Waals surface area contributed by atoms with Gasteiger partial charge in [-0.1, -0.05) is 12.1 Å². The largest absolute Gasteiger partial charge is 0.464 e. The minimum Gasteiger partial charge on any atom is -0.464 e. The van der Waals surface area contributed by atoms with Crippen molar-refractivity contribution in [3.63, 3.8) is 0 Å². The molecule has 2 rings (SSSR count). The first-order valence-corrected chi connectivity index (χ1v) is 6.45. The number of aromatic nitrogens is 7. The summed E-state index contributed by atoms with van der Waals surface area (Å²) in [5.74, 6) is 0.0805. The van der Waals surface area contributed by atoms with Gasteiger partial charge < -0.3 is 9.47 Å². The zero-order chi connectivity index (χ0) is 15.2. The van der Waals surface area contributed by atoms with Crippen molar-refractivity contribution in [1.82, 2.24) is 35.2 Å². The lowest BCUT2D eigenvalue weighted by Gasteiger charge is -2.06. The number of ether oxygens (including phenoxy) is 2. The molecule has 0 spiro atoms. The summed E-state index contributed by atoms with van der Waals surface area (Å²) in [5.41, 5.74) is 0.657. The molecule has 2 aromatic heterocycles. The number of hydrogen-bond donors (Lipinski definition) is 0. The van der Waals surface area contributed by atoms with Gasteiger partial charge in [0.25, 0.3) is 0 Å². The second-order valence-corrected chi connectivity index (χ2v) is 4.29. The Morgan fingerprint density at radius 1 is 1.19 bits per heavy atom. The summed E-state index contributed by atoms with van der Waals surface area (Å²) in [4.78, 5) is 11.7. The van der Waals surface area contributed by atoms with Crippen molar-refractivity contribution in [2.24, 2.45) is 0 Å². The molecule has 0 bridgehead atoms. The maximum absolute atomic E-state index is 11.7. The Kier molecular flexibility index (Phi) is 4.93. The van der Waals surface area contributed by atoms with E-state index in [9.17, 15) is 4.79 Å². The summed E-state index contributed by atoms with van der Waals surface area (Å²) >= 11 is 0. The Labute approximate surface area is 121 Å². The predicted molar refractivity (Wildman–Crippen MR) is 69.3 cm³/mol. The summed E-state index contributed by atoms with van der Waals surface area (Å²) in [6.45, 7) is 3.23. The lowest BCUT2D eigenvalue weighted by molar-refractivity contribution is 0.0588. The van der Waals surface area contributed by atoms with Gasteiger partial charge in [0.15, 0.2) is 11.5 Å². The first kappa shape index (κ1) is 15.0. The fourth-order valence-corrected chi connectivity index (χ4v) is 1.85. The van der Waals surface area contributed by atoms with E-state index >= 15 is 0 Å². The van der Waals surface area contributed by atoms with Gasteiger partial charge in [0.1, 0.15) is 6.54 Å². The number of aryl methyl sites for hydroxylation is 1. The Balaban J connectivity index is 2.29.